The molecular formula is C18H17N3O2. The number of carbonyl (C=O) groups excluding carboxylic acids is 2. The highest BCUT2D eigenvalue weighted by atomic mass is 16.2. The molecule has 0 radical (unpaired) electrons. The van der Waals surface area contributed by atoms with E-state index in [4.69, 9.17) is 5.73 Å². The van der Waals surface area contributed by atoms with Crippen molar-refractivity contribution >= 4 is 22.7 Å². The van der Waals surface area contributed by atoms with E-state index in [0.717, 1.165) is 10.9 Å². The zero-order valence-electron chi connectivity index (χ0n) is 12.7. The van der Waals surface area contributed by atoms with Crippen LogP contribution in [0.1, 0.15) is 22.1 Å². The summed E-state index contributed by atoms with van der Waals surface area (Å²) in [6.07, 6.45) is 0. The summed E-state index contributed by atoms with van der Waals surface area (Å²) in [5.41, 5.74) is 7.54. The number of nitrogens with one attached hydrogen (secondary N) is 1. The van der Waals surface area contributed by atoms with Gasteiger partial charge < -0.3 is 15.6 Å². The second-order valence-electron chi connectivity index (χ2n) is 5.37. The number of aromatic nitrogens is 1. The Morgan fingerprint density at radius 2 is 1.70 bits per heavy atom. The third-order valence-corrected chi connectivity index (χ3v) is 3.88. The Bertz CT molecular complexity index is 868. The molecule has 3 N–H and O–H groups in total. The molecule has 2 aromatic carbocycles. The molecule has 0 aliphatic heterocycles. The molecule has 0 unspecified atom stereocenters. The number of amides is 2. The zero-order valence-corrected chi connectivity index (χ0v) is 12.7. The normalized spacial score (nSPS) is 12.0. The lowest BCUT2D eigenvalue weighted by Crippen LogP contribution is -2.38. The average molecular weight is 307 g/mol. The zero-order chi connectivity index (χ0) is 16.4. The largest absolute Gasteiger partial charge is 0.368 e. The number of nitrogens with two attached hydrogens (primary N) is 1. The molecule has 3 rings (SSSR count). The molecule has 0 aliphatic carbocycles. The molecule has 0 saturated carbocycles. The van der Waals surface area contributed by atoms with E-state index < -0.39 is 11.9 Å². The number of primary amides is 1. The van der Waals surface area contributed by atoms with E-state index in [2.05, 4.69) is 5.32 Å². The molecule has 1 atom stereocenters. The monoisotopic (exact) mass is 307 g/mol. The Balaban J connectivity index is 1.92. The number of rotatable bonds is 4. The van der Waals surface area contributed by atoms with Crippen molar-refractivity contribution in [1.29, 1.82) is 0 Å². The van der Waals surface area contributed by atoms with Gasteiger partial charge in [0.2, 0.25) is 5.91 Å². The summed E-state index contributed by atoms with van der Waals surface area (Å²) in [5.74, 6) is -0.931. The molecular weight excluding hydrogens is 290 g/mol. The topological polar surface area (TPSA) is 77.1 Å². The highest BCUT2D eigenvalue weighted by Crippen LogP contribution is 2.19. The molecule has 23 heavy (non-hydrogen) atoms. The second-order valence-corrected chi connectivity index (χ2v) is 5.37. The van der Waals surface area contributed by atoms with Crippen LogP contribution in [0.2, 0.25) is 0 Å². The average Bonchev–Trinajstić information content (AvgIpc) is 2.90. The van der Waals surface area contributed by atoms with Crippen LogP contribution < -0.4 is 11.1 Å². The van der Waals surface area contributed by atoms with Crippen LogP contribution in [0.15, 0.2) is 60.7 Å². The van der Waals surface area contributed by atoms with Gasteiger partial charge in [0.25, 0.3) is 5.91 Å². The third-order valence-electron chi connectivity index (χ3n) is 3.88. The van der Waals surface area contributed by atoms with Crippen molar-refractivity contribution in [3.05, 3.63) is 71.9 Å². The fourth-order valence-corrected chi connectivity index (χ4v) is 2.68. The van der Waals surface area contributed by atoms with Crippen LogP contribution in [0, 0.1) is 0 Å². The summed E-state index contributed by atoms with van der Waals surface area (Å²) in [4.78, 5) is 24.3. The lowest BCUT2D eigenvalue weighted by molar-refractivity contribution is -0.120. The molecule has 3 aromatic rings. The lowest BCUT2D eigenvalue weighted by atomic mass is 10.1. The summed E-state index contributed by atoms with van der Waals surface area (Å²) >= 11 is 0. The predicted molar refractivity (Wildman–Crippen MR) is 88.8 cm³/mol. The van der Waals surface area contributed by atoms with Crippen molar-refractivity contribution in [1.82, 2.24) is 9.88 Å². The standard InChI is InChI=1S/C18H17N3O2/c1-21-14-10-6-5-9-13(14)11-15(21)18(23)20-16(17(19)22)12-7-3-2-4-8-12/h2-11,16H,1H3,(H2,19,22)(H,20,23)/t16-/m0/s1. The van der Waals surface area contributed by atoms with E-state index in [-0.39, 0.29) is 5.91 Å². The van der Waals surface area contributed by atoms with Gasteiger partial charge in [-0.1, -0.05) is 48.5 Å². The maximum atomic E-state index is 12.6. The van der Waals surface area contributed by atoms with E-state index in [1.54, 1.807) is 34.9 Å². The first-order valence-corrected chi connectivity index (χ1v) is 7.27. The second kappa shape index (κ2) is 5.96. The maximum Gasteiger partial charge on any atom is 0.268 e. The molecule has 0 bridgehead atoms. The van der Waals surface area contributed by atoms with E-state index in [1.165, 1.54) is 0 Å². The fourth-order valence-electron chi connectivity index (χ4n) is 2.68. The van der Waals surface area contributed by atoms with Gasteiger partial charge in [-0.2, -0.15) is 0 Å². The summed E-state index contributed by atoms with van der Waals surface area (Å²) in [5, 5.41) is 3.68. The number of hydrogen-bond acceptors (Lipinski definition) is 2. The Hall–Kier alpha value is -3.08. The lowest BCUT2D eigenvalue weighted by Gasteiger charge is -2.16. The van der Waals surface area contributed by atoms with Crippen molar-refractivity contribution in [2.45, 2.75) is 6.04 Å². The van der Waals surface area contributed by atoms with Gasteiger partial charge >= 0.3 is 0 Å². The van der Waals surface area contributed by atoms with E-state index in [9.17, 15) is 9.59 Å². The van der Waals surface area contributed by atoms with Gasteiger partial charge in [0.15, 0.2) is 0 Å². The van der Waals surface area contributed by atoms with E-state index >= 15 is 0 Å². The molecule has 0 saturated heterocycles. The van der Waals surface area contributed by atoms with Gasteiger partial charge in [-0.05, 0) is 17.7 Å². The summed E-state index contributed by atoms with van der Waals surface area (Å²) in [7, 11) is 1.82. The van der Waals surface area contributed by atoms with Gasteiger partial charge in [-0.3, -0.25) is 9.59 Å². The molecule has 5 heteroatoms. The van der Waals surface area contributed by atoms with Gasteiger partial charge in [0.05, 0.1) is 0 Å². The van der Waals surface area contributed by atoms with Crippen molar-refractivity contribution in [3.63, 3.8) is 0 Å². The Morgan fingerprint density at radius 1 is 1.04 bits per heavy atom. The highest BCUT2D eigenvalue weighted by Gasteiger charge is 2.22. The number of nitrogens with zero attached hydrogens (tertiary/aromatic N) is 1. The quantitative estimate of drug-likeness (QED) is 0.774. The molecule has 0 aliphatic rings. The van der Waals surface area contributed by atoms with Crippen molar-refractivity contribution < 1.29 is 9.59 Å². The number of aryl methyl sites for hydroxylation is 1. The molecule has 5 nitrogen and oxygen atoms in total. The Morgan fingerprint density at radius 3 is 2.35 bits per heavy atom. The molecule has 0 spiro atoms. The van der Waals surface area contributed by atoms with Crippen LogP contribution in [-0.2, 0) is 11.8 Å². The van der Waals surface area contributed by atoms with Crippen LogP contribution in [0.3, 0.4) is 0 Å². The number of hydrogen-bond donors (Lipinski definition) is 2. The summed E-state index contributed by atoms with van der Waals surface area (Å²) < 4.78 is 1.80. The number of para-hydroxylation sites is 1. The minimum absolute atomic E-state index is 0.337. The van der Waals surface area contributed by atoms with Crippen LogP contribution in [0.25, 0.3) is 10.9 Å². The van der Waals surface area contributed by atoms with Gasteiger partial charge in [-0.25, -0.2) is 0 Å². The number of benzene rings is 2. The van der Waals surface area contributed by atoms with Crippen molar-refractivity contribution in [2.24, 2.45) is 12.8 Å². The van der Waals surface area contributed by atoms with E-state index in [0.29, 0.717) is 11.3 Å². The van der Waals surface area contributed by atoms with Crippen LogP contribution in [-0.4, -0.2) is 16.4 Å². The molecule has 1 aromatic heterocycles. The molecule has 2 amide bonds. The number of fused-ring (bicyclic) bond motifs is 1. The van der Waals surface area contributed by atoms with Gasteiger partial charge in [-0.15, -0.1) is 0 Å². The Kier molecular flexibility index (Phi) is 3.85. The maximum absolute atomic E-state index is 12.6. The summed E-state index contributed by atoms with van der Waals surface area (Å²) in [6, 6.07) is 17.6. The van der Waals surface area contributed by atoms with Crippen LogP contribution in [0.4, 0.5) is 0 Å². The van der Waals surface area contributed by atoms with Gasteiger partial charge in [0.1, 0.15) is 11.7 Å². The highest BCUT2D eigenvalue weighted by molar-refractivity contribution is 6.00. The smallest absolute Gasteiger partial charge is 0.268 e. The molecule has 0 fully saturated rings. The minimum Gasteiger partial charge on any atom is -0.368 e. The summed E-state index contributed by atoms with van der Waals surface area (Å²) in [6.45, 7) is 0. The van der Waals surface area contributed by atoms with Crippen molar-refractivity contribution in [3.8, 4) is 0 Å². The molecule has 1 heterocycles. The Labute approximate surface area is 133 Å². The SMILES string of the molecule is Cn1c(C(=O)N[C@H](C(N)=O)c2ccccc2)cc2ccccc21. The first-order chi connectivity index (χ1) is 11.1. The minimum atomic E-state index is -0.860. The number of carbonyl (C=O) groups is 2. The van der Waals surface area contributed by atoms with Crippen LogP contribution >= 0.6 is 0 Å². The first kappa shape index (κ1) is 14.8. The van der Waals surface area contributed by atoms with Crippen LogP contribution in [0.5, 0.6) is 0 Å². The van der Waals surface area contributed by atoms with Gasteiger partial charge in [0, 0.05) is 18.0 Å². The third kappa shape index (κ3) is 2.81. The van der Waals surface area contributed by atoms with E-state index in [1.807, 2.05) is 37.4 Å². The first-order valence-electron chi connectivity index (χ1n) is 7.27. The van der Waals surface area contributed by atoms with Crippen molar-refractivity contribution in [2.75, 3.05) is 0 Å². The predicted octanol–water partition coefficient (Wildman–Crippen LogP) is 2.13. The molecule has 116 valence electrons. The fraction of sp³-hybridized carbons (Fsp3) is 0.111.